The normalized spacial score (nSPS) is 16.9. The summed E-state index contributed by atoms with van der Waals surface area (Å²) < 4.78 is 10.5. The van der Waals surface area contributed by atoms with Gasteiger partial charge in [0.05, 0.1) is 19.5 Å². The van der Waals surface area contributed by atoms with E-state index in [0.717, 1.165) is 32.7 Å². The number of nitrogens with zero attached hydrogens (tertiary/aromatic N) is 1. The molecule has 7 nitrogen and oxygen atoms in total. The summed E-state index contributed by atoms with van der Waals surface area (Å²) in [6, 6.07) is 10.1. The molecule has 1 aromatic heterocycles. The van der Waals surface area contributed by atoms with Gasteiger partial charge in [0.15, 0.2) is 5.76 Å². The first-order valence-electron chi connectivity index (χ1n) is 9.58. The van der Waals surface area contributed by atoms with Gasteiger partial charge in [0, 0.05) is 36.4 Å². The molecule has 2 aromatic rings. The lowest BCUT2D eigenvalue weighted by Crippen LogP contribution is -2.56. The SMILES string of the molecule is CCC(C)(CNC(=O)c1ccc(NC(=O)c2ccco2)cc1)N1CCOCC1. The van der Waals surface area contributed by atoms with E-state index in [0.29, 0.717) is 17.8 Å². The summed E-state index contributed by atoms with van der Waals surface area (Å²) >= 11 is 0. The van der Waals surface area contributed by atoms with Crippen molar-refractivity contribution in [2.75, 3.05) is 38.2 Å². The monoisotopic (exact) mass is 385 g/mol. The maximum atomic E-state index is 12.6. The molecule has 0 spiro atoms. The van der Waals surface area contributed by atoms with Crippen LogP contribution in [0.2, 0.25) is 0 Å². The highest BCUT2D eigenvalue weighted by atomic mass is 16.5. The van der Waals surface area contributed by atoms with Crippen molar-refractivity contribution in [1.29, 1.82) is 0 Å². The maximum Gasteiger partial charge on any atom is 0.291 e. The number of anilines is 1. The highest BCUT2D eigenvalue weighted by Gasteiger charge is 2.31. The third kappa shape index (κ3) is 4.79. The average molecular weight is 385 g/mol. The summed E-state index contributed by atoms with van der Waals surface area (Å²) in [6.07, 6.45) is 2.38. The molecule has 28 heavy (non-hydrogen) atoms. The van der Waals surface area contributed by atoms with E-state index >= 15 is 0 Å². The molecule has 1 aliphatic heterocycles. The summed E-state index contributed by atoms with van der Waals surface area (Å²) in [5.74, 6) is -0.216. The quantitative estimate of drug-likeness (QED) is 0.766. The second kappa shape index (κ2) is 9.03. The number of hydrogen-bond acceptors (Lipinski definition) is 5. The largest absolute Gasteiger partial charge is 0.459 e. The molecule has 1 aromatic carbocycles. The van der Waals surface area contributed by atoms with E-state index < -0.39 is 0 Å². The molecule has 1 atom stereocenters. The smallest absolute Gasteiger partial charge is 0.291 e. The van der Waals surface area contributed by atoms with Gasteiger partial charge in [-0.1, -0.05) is 6.92 Å². The van der Waals surface area contributed by atoms with Gasteiger partial charge in [-0.3, -0.25) is 14.5 Å². The number of rotatable bonds is 7. The molecule has 1 saturated heterocycles. The Morgan fingerprint density at radius 1 is 1.11 bits per heavy atom. The molecule has 2 amide bonds. The van der Waals surface area contributed by atoms with Gasteiger partial charge in [-0.05, 0) is 49.7 Å². The van der Waals surface area contributed by atoms with Crippen LogP contribution >= 0.6 is 0 Å². The molecule has 2 heterocycles. The summed E-state index contributed by atoms with van der Waals surface area (Å²) in [6.45, 7) is 8.10. The Balaban J connectivity index is 1.56. The van der Waals surface area contributed by atoms with Gasteiger partial charge in [0.25, 0.3) is 11.8 Å². The number of nitrogens with one attached hydrogen (secondary N) is 2. The summed E-state index contributed by atoms with van der Waals surface area (Å²) in [5, 5.41) is 5.78. The number of carbonyl (C=O) groups is 2. The number of furan rings is 1. The minimum absolute atomic E-state index is 0.101. The van der Waals surface area contributed by atoms with Crippen molar-refractivity contribution in [3.63, 3.8) is 0 Å². The molecule has 0 saturated carbocycles. The third-order valence-electron chi connectivity index (χ3n) is 5.32. The number of hydrogen-bond donors (Lipinski definition) is 2. The number of benzene rings is 1. The maximum absolute atomic E-state index is 12.6. The van der Waals surface area contributed by atoms with E-state index in [1.54, 1.807) is 36.4 Å². The minimum atomic E-state index is -0.327. The van der Waals surface area contributed by atoms with Crippen LogP contribution in [-0.4, -0.2) is 55.1 Å². The minimum Gasteiger partial charge on any atom is -0.459 e. The van der Waals surface area contributed by atoms with Gasteiger partial charge < -0.3 is 19.8 Å². The van der Waals surface area contributed by atoms with Crippen LogP contribution in [0.5, 0.6) is 0 Å². The van der Waals surface area contributed by atoms with Crippen LogP contribution in [0.25, 0.3) is 0 Å². The zero-order valence-corrected chi connectivity index (χ0v) is 16.4. The van der Waals surface area contributed by atoms with Crippen LogP contribution in [0.1, 0.15) is 41.2 Å². The second-order valence-corrected chi connectivity index (χ2v) is 7.14. The Kier molecular flexibility index (Phi) is 6.49. The predicted octanol–water partition coefficient (Wildman–Crippen LogP) is 2.76. The van der Waals surface area contributed by atoms with E-state index in [4.69, 9.17) is 9.15 Å². The molecule has 1 unspecified atom stereocenters. The first-order chi connectivity index (χ1) is 13.5. The fraction of sp³-hybridized carbons (Fsp3) is 0.429. The van der Waals surface area contributed by atoms with Crippen molar-refractivity contribution in [1.82, 2.24) is 10.2 Å². The predicted molar refractivity (Wildman–Crippen MR) is 107 cm³/mol. The summed E-state index contributed by atoms with van der Waals surface area (Å²) in [5.41, 5.74) is 1.05. The molecule has 2 N–H and O–H groups in total. The molecule has 150 valence electrons. The summed E-state index contributed by atoms with van der Waals surface area (Å²) in [4.78, 5) is 26.9. The van der Waals surface area contributed by atoms with Crippen LogP contribution in [0, 0.1) is 0 Å². The Bertz CT molecular complexity index is 782. The molecular weight excluding hydrogens is 358 g/mol. The fourth-order valence-corrected chi connectivity index (χ4v) is 3.24. The van der Waals surface area contributed by atoms with E-state index in [-0.39, 0.29) is 23.1 Å². The first-order valence-corrected chi connectivity index (χ1v) is 9.58. The zero-order chi connectivity index (χ0) is 20.0. The Morgan fingerprint density at radius 3 is 2.43 bits per heavy atom. The zero-order valence-electron chi connectivity index (χ0n) is 16.4. The van der Waals surface area contributed by atoms with Crippen molar-refractivity contribution >= 4 is 17.5 Å². The Hall–Kier alpha value is -2.64. The van der Waals surface area contributed by atoms with Crippen molar-refractivity contribution in [3.8, 4) is 0 Å². The van der Waals surface area contributed by atoms with E-state index in [2.05, 4.69) is 29.4 Å². The molecule has 1 aliphatic rings. The highest BCUT2D eigenvalue weighted by molar-refractivity contribution is 6.02. The van der Waals surface area contributed by atoms with Crippen LogP contribution in [-0.2, 0) is 4.74 Å². The molecule has 7 heteroatoms. The molecule has 1 fully saturated rings. The van der Waals surface area contributed by atoms with Gasteiger partial charge in [0.1, 0.15) is 0 Å². The Morgan fingerprint density at radius 2 is 1.82 bits per heavy atom. The highest BCUT2D eigenvalue weighted by Crippen LogP contribution is 2.20. The van der Waals surface area contributed by atoms with Crippen LogP contribution in [0.4, 0.5) is 5.69 Å². The molecular formula is C21H27N3O4. The topological polar surface area (TPSA) is 83.8 Å². The van der Waals surface area contributed by atoms with Crippen molar-refractivity contribution < 1.29 is 18.7 Å². The number of morpholine rings is 1. The lowest BCUT2D eigenvalue weighted by molar-refractivity contribution is -0.0169. The van der Waals surface area contributed by atoms with E-state index in [1.165, 1.54) is 6.26 Å². The van der Waals surface area contributed by atoms with Gasteiger partial charge in [-0.15, -0.1) is 0 Å². The number of amides is 2. The van der Waals surface area contributed by atoms with Gasteiger partial charge >= 0.3 is 0 Å². The molecule has 0 radical (unpaired) electrons. The number of ether oxygens (including phenoxy) is 1. The fourth-order valence-electron chi connectivity index (χ4n) is 3.24. The molecule has 0 bridgehead atoms. The van der Waals surface area contributed by atoms with Gasteiger partial charge in [-0.2, -0.15) is 0 Å². The van der Waals surface area contributed by atoms with Crippen LogP contribution in [0.3, 0.4) is 0 Å². The van der Waals surface area contributed by atoms with Gasteiger partial charge in [0.2, 0.25) is 0 Å². The third-order valence-corrected chi connectivity index (χ3v) is 5.32. The van der Waals surface area contributed by atoms with E-state index in [1.807, 2.05) is 0 Å². The van der Waals surface area contributed by atoms with Crippen molar-refractivity contribution in [2.24, 2.45) is 0 Å². The Labute approximate surface area is 165 Å². The first kappa shape index (κ1) is 20.1. The lowest BCUT2D eigenvalue weighted by atomic mass is 9.95. The van der Waals surface area contributed by atoms with Crippen molar-refractivity contribution in [3.05, 3.63) is 54.0 Å². The average Bonchev–Trinajstić information content (AvgIpc) is 3.28. The van der Waals surface area contributed by atoms with Crippen LogP contribution < -0.4 is 10.6 Å². The lowest BCUT2D eigenvalue weighted by Gasteiger charge is -2.43. The standard InChI is InChI=1S/C21H27N3O4/c1-3-21(2,24-10-13-27-14-11-24)15-22-19(25)16-6-8-17(9-7-16)23-20(26)18-5-4-12-28-18/h4-9,12H,3,10-11,13-15H2,1-2H3,(H,22,25)(H,23,26). The molecule has 0 aliphatic carbocycles. The second-order valence-electron chi connectivity index (χ2n) is 7.14. The van der Waals surface area contributed by atoms with Gasteiger partial charge in [-0.25, -0.2) is 0 Å². The molecule has 3 rings (SSSR count). The summed E-state index contributed by atoms with van der Waals surface area (Å²) in [7, 11) is 0. The van der Waals surface area contributed by atoms with Crippen LogP contribution in [0.15, 0.2) is 47.1 Å². The van der Waals surface area contributed by atoms with E-state index in [9.17, 15) is 9.59 Å². The van der Waals surface area contributed by atoms with Crippen molar-refractivity contribution in [2.45, 2.75) is 25.8 Å². The number of carbonyl (C=O) groups excluding carboxylic acids is 2.